The number of hydrogen-bond acceptors (Lipinski definition) is 2. The molecule has 54 valence electrons. The molecule has 2 nitrogen and oxygen atoms in total. The van der Waals surface area contributed by atoms with Crippen LogP contribution in [0.2, 0.25) is 0 Å². The van der Waals surface area contributed by atoms with Gasteiger partial charge in [-0.3, -0.25) is 4.79 Å². The number of rotatable bonds is 2. The standard InChI is InChI=1S/C6H11ClO2/c1-4-6(2,7)5(8)9-3/h4H2,1-3H3. The van der Waals surface area contributed by atoms with E-state index in [1.807, 2.05) is 6.92 Å². The van der Waals surface area contributed by atoms with E-state index in [0.717, 1.165) is 0 Å². The first kappa shape index (κ1) is 8.76. The second kappa shape index (κ2) is 3.06. The summed E-state index contributed by atoms with van der Waals surface area (Å²) in [6.45, 7) is 3.48. The zero-order valence-electron chi connectivity index (χ0n) is 5.90. The summed E-state index contributed by atoms with van der Waals surface area (Å²) in [5.74, 6) is -0.369. The summed E-state index contributed by atoms with van der Waals surface area (Å²) >= 11 is 5.70. The topological polar surface area (TPSA) is 26.3 Å². The van der Waals surface area contributed by atoms with Crippen molar-refractivity contribution in [1.29, 1.82) is 0 Å². The van der Waals surface area contributed by atoms with Crippen molar-refractivity contribution in [3.05, 3.63) is 0 Å². The van der Waals surface area contributed by atoms with E-state index in [4.69, 9.17) is 11.6 Å². The number of hydrogen-bond donors (Lipinski definition) is 0. The molecule has 3 heteroatoms. The highest BCUT2D eigenvalue weighted by Gasteiger charge is 2.28. The average Bonchev–Trinajstić information content (AvgIpc) is 1.86. The van der Waals surface area contributed by atoms with Crippen molar-refractivity contribution in [2.45, 2.75) is 25.1 Å². The number of alkyl halides is 1. The zero-order valence-corrected chi connectivity index (χ0v) is 6.66. The highest BCUT2D eigenvalue weighted by atomic mass is 35.5. The lowest BCUT2D eigenvalue weighted by molar-refractivity contribution is -0.143. The highest BCUT2D eigenvalue weighted by Crippen LogP contribution is 2.19. The number of carbonyl (C=O) groups is 1. The molecule has 0 aliphatic rings. The van der Waals surface area contributed by atoms with Gasteiger partial charge in [0.2, 0.25) is 0 Å². The molecule has 0 rings (SSSR count). The molecule has 0 heterocycles. The van der Waals surface area contributed by atoms with Gasteiger partial charge in [-0.1, -0.05) is 6.92 Å². The minimum atomic E-state index is -0.839. The van der Waals surface area contributed by atoms with Gasteiger partial charge in [0.05, 0.1) is 7.11 Å². The first-order chi connectivity index (χ1) is 4.04. The van der Waals surface area contributed by atoms with Gasteiger partial charge in [0.1, 0.15) is 4.87 Å². The Hall–Kier alpha value is -0.240. The van der Waals surface area contributed by atoms with Gasteiger partial charge in [-0.15, -0.1) is 11.6 Å². The molecule has 1 atom stereocenters. The molecule has 9 heavy (non-hydrogen) atoms. The Morgan fingerprint density at radius 2 is 2.22 bits per heavy atom. The lowest BCUT2D eigenvalue weighted by Gasteiger charge is -2.15. The molecule has 1 unspecified atom stereocenters. The molecule has 0 N–H and O–H groups in total. The van der Waals surface area contributed by atoms with Crippen LogP contribution in [0.3, 0.4) is 0 Å². The maximum absolute atomic E-state index is 10.7. The van der Waals surface area contributed by atoms with Gasteiger partial charge in [0, 0.05) is 0 Å². The number of halogens is 1. The normalized spacial score (nSPS) is 16.4. The van der Waals surface area contributed by atoms with E-state index >= 15 is 0 Å². The van der Waals surface area contributed by atoms with E-state index in [9.17, 15) is 4.79 Å². The van der Waals surface area contributed by atoms with Crippen LogP contribution in [0.1, 0.15) is 20.3 Å². The molecule has 0 aliphatic heterocycles. The van der Waals surface area contributed by atoms with Crippen molar-refractivity contribution in [1.82, 2.24) is 0 Å². The van der Waals surface area contributed by atoms with Crippen molar-refractivity contribution in [3.63, 3.8) is 0 Å². The molecule has 0 saturated heterocycles. The van der Waals surface area contributed by atoms with Crippen LogP contribution in [0.15, 0.2) is 0 Å². The van der Waals surface area contributed by atoms with Gasteiger partial charge in [0.15, 0.2) is 0 Å². The maximum atomic E-state index is 10.7. The molecule has 0 aromatic rings. The molecular formula is C6H11ClO2. The summed E-state index contributed by atoms with van der Waals surface area (Å²) in [5.41, 5.74) is 0. The molecule has 0 spiro atoms. The van der Waals surface area contributed by atoms with Crippen LogP contribution in [-0.4, -0.2) is 18.0 Å². The fourth-order valence-electron chi connectivity index (χ4n) is 0.357. The fraction of sp³-hybridized carbons (Fsp3) is 0.833. The van der Waals surface area contributed by atoms with Crippen LogP contribution in [-0.2, 0) is 9.53 Å². The van der Waals surface area contributed by atoms with Gasteiger partial charge in [-0.25, -0.2) is 0 Å². The van der Waals surface area contributed by atoms with Crippen LogP contribution in [0.25, 0.3) is 0 Å². The van der Waals surface area contributed by atoms with E-state index in [-0.39, 0.29) is 5.97 Å². The van der Waals surface area contributed by atoms with Gasteiger partial charge < -0.3 is 4.74 Å². The molecule has 0 amide bonds. The molecule has 0 radical (unpaired) electrons. The summed E-state index contributed by atoms with van der Waals surface area (Å²) in [7, 11) is 1.33. The Balaban J connectivity index is 3.97. The van der Waals surface area contributed by atoms with Crippen molar-refractivity contribution < 1.29 is 9.53 Å². The smallest absolute Gasteiger partial charge is 0.326 e. The monoisotopic (exact) mass is 150 g/mol. The summed E-state index contributed by atoms with van der Waals surface area (Å²) in [4.78, 5) is 9.87. The molecular weight excluding hydrogens is 140 g/mol. The van der Waals surface area contributed by atoms with E-state index < -0.39 is 4.87 Å². The molecule has 0 saturated carbocycles. The fourth-order valence-corrected chi connectivity index (χ4v) is 0.434. The summed E-state index contributed by atoms with van der Waals surface area (Å²) in [5, 5.41) is 0. The van der Waals surface area contributed by atoms with Crippen molar-refractivity contribution in [2.24, 2.45) is 0 Å². The predicted octanol–water partition coefficient (Wildman–Crippen LogP) is 1.57. The van der Waals surface area contributed by atoms with Gasteiger partial charge in [-0.2, -0.15) is 0 Å². The van der Waals surface area contributed by atoms with Crippen molar-refractivity contribution >= 4 is 17.6 Å². The van der Waals surface area contributed by atoms with Crippen molar-refractivity contribution in [2.75, 3.05) is 7.11 Å². The number of carbonyl (C=O) groups excluding carboxylic acids is 1. The Morgan fingerprint density at radius 3 is 2.33 bits per heavy atom. The Labute approximate surface area is 60.1 Å². The van der Waals surface area contributed by atoms with Crippen molar-refractivity contribution in [3.8, 4) is 0 Å². The van der Waals surface area contributed by atoms with Crippen LogP contribution in [0.5, 0.6) is 0 Å². The van der Waals surface area contributed by atoms with Gasteiger partial charge >= 0.3 is 5.97 Å². The summed E-state index contributed by atoms with van der Waals surface area (Å²) in [6.07, 6.45) is 0.585. The number of esters is 1. The molecule has 0 fully saturated rings. The number of methoxy groups -OCH3 is 1. The van der Waals surface area contributed by atoms with Crippen LogP contribution in [0, 0.1) is 0 Å². The van der Waals surface area contributed by atoms with E-state index in [1.165, 1.54) is 7.11 Å². The van der Waals surface area contributed by atoms with E-state index in [2.05, 4.69) is 4.74 Å². The number of ether oxygens (including phenoxy) is 1. The lowest BCUT2D eigenvalue weighted by atomic mass is 10.1. The Kier molecular flexibility index (Phi) is 2.98. The maximum Gasteiger partial charge on any atom is 0.326 e. The van der Waals surface area contributed by atoms with E-state index in [0.29, 0.717) is 6.42 Å². The first-order valence-corrected chi connectivity index (χ1v) is 3.19. The average molecular weight is 151 g/mol. The lowest BCUT2D eigenvalue weighted by Crippen LogP contribution is -2.28. The predicted molar refractivity (Wildman–Crippen MR) is 36.6 cm³/mol. The Morgan fingerprint density at radius 1 is 1.78 bits per heavy atom. The molecule has 0 bridgehead atoms. The second-order valence-electron chi connectivity index (χ2n) is 2.04. The van der Waals surface area contributed by atoms with Gasteiger partial charge in [-0.05, 0) is 13.3 Å². The van der Waals surface area contributed by atoms with Crippen LogP contribution in [0.4, 0.5) is 0 Å². The molecule has 0 aliphatic carbocycles. The zero-order chi connectivity index (χ0) is 7.49. The first-order valence-electron chi connectivity index (χ1n) is 2.82. The van der Waals surface area contributed by atoms with Crippen LogP contribution < -0.4 is 0 Å². The highest BCUT2D eigenvalue weighted by molar-refractivity contribution is 6.33. The third-order valence-electron chi connectivity index (χ3n) is 1.27. The molecule has 0 aromatic heterocycles. The third kappa shape index (κ3) is 2.22. The minimum Gasteiger partial charge on any atom is -0.468 e. The summed E-state index contributed by atoms with van der Waals surface area (Å²) < 4.78 is 4.44. The SMILES string of the molecule is CCC(C)(Cl)C(=O)OC. The van der Waals surface area contributed by atoms with Crippen LogP contribution >= 0.6 is 11.6 Å². The largest absolute Gasteiger partial charge is 0.468 e. The molecule has 0 aromatic carbocycles. The summed E-state index contributed by atoms with van der Waals surface area (Å²) in [6, 6.07) is 0. The third-order valence-corrected chi connectivity index (χ3v) is 1.70. The Bertz CT molecular complexity index is 110. The van der Waals surface area contributed by atoms with E-state index in [1.54, 1.807) is 6.92 Å². The minimum absolute atomic E-state index is 0.369. The van der Waals surface area contributed by atoms with Gasteiger partial charge in [0.25, 0.3) is 0 Å². The second-order valence-corrected chi connectivity index (χ2v) is 2.88. The quantitative estimate of drug-likeness (QED) is 0.441.